The number of nitrogens with zero attached hydrogens (tertiary/aromatic N) is 1. The summed E-state index contributed by atoms with van der Waals surface area (Å²) in [5.74, 6) is 0.0433. The van der Waals surface area contributed by atoms with E-state index in [1.54, 1.807) is 0 Å². The molecule has 0 bridgehead atoms. The molecule has 0 aromatic heterocycles. The van der Waals surface area contributed by atoms with Gasteiger partial charge < -0.3 is 5.32 Å². The molecule has 1 heterocycles. The molecule has 1 saturated heterocycles. The highest BCUT2D eigenvalue weighted by atomic mass is 35.5. The lowest BCUT2D eigenvalue weighted by Gasteiger charge is -2.41. The lowest BCUT2D eigenvalue weighted by atomic mass is 9.91. The van der Waals surface area contributed by atoms with Crippen molar-refractivity contribution in [3.05, 3.63) is 35.9 Å². The van der Waals surface area contributed by atoms with E-state index < -0.39 is 0 Å². The molecule has 96 valence electrons. The summed E-state index contributed by atoms with van der Waals surface area (Å²) in [4.78, 5) is 12.5. The van der Waals surface area contributed by atoms with Gasteiger partial charge in [0.2, 0.25) is 0 Å². The quantitative estimate of drug-likeness (QED) is 0.791. The summed E-state index contributed by atoms with van der Waals surface area (Å²) < 4.78 is 1.41. The summed E-state index contributed by atoms with van der Waals surface area (Å²) in [6, 6.07) is 9.89. The Balaban J connectivity index is 1.84. The van der Waals surface area contributed by atoms with E-state index in [0.717, 1.165) is 37.8 Å². The van der Waals surface area contributed by atoms with Crippen molar-refractivity contribution in [2.75, 3.05) is 6.54 Å². The molecule has 1 atom stereocenters. The third-order valence-corrected chi connectivity index (χ3v) is 4.54. The fraction of sp³-hybridized carbons (Fsp3) is 0.500. The minimum Gasteiger partial charge on any atom is -0.301 e. The zero-order valence-corrected chi connectivity index (χ0v) is 11.0. The monoisotopic (exact) mass is 264 g/mol. The molecular formula is C14H17ClN2O. The third-order valence-electron chi connectivity index (χ3n) is 4.15. The molecule has 1 spiro atoms. The fourth-order valence-electron chi connectivity index (χ4n) is 3.09. The molecule has 1 aliphatic carbocycles. The molecular weight excluding hydrogens is 248 g/mol. The molecule has 3 nitrogen and oxygen atoms in total. The molecule has 2 fully saturated rings. The van der Waals surface area contributed by atoms with Crippen molar-refractivity contribution in [3.8, 4) is 0 Å². The van der Waals surface area contributed by atoms with Crippen LogP contribution in [-0.4, -0.2) is 22.4 Å². The molecule has 3 rings (SSSR count). The minimum atomic E-state index is -0.382. The van der Waals surface area contributed by atoms with E-state index in [-0.39, 0.29) is 17.5 Å². The van der Waals surface area contributed by atoms with Crippen LogP contribution in [0, 0.1) is 0 Å². The van der Waals surface area contributed by atoms with Crippen molar-refractivity contribution < 1.29 is 4.79 Å². The molecule has 0 radical (unpaired) electrons. The first-order valence-corrected chi connectivity index (χ1v) is 6.86. The van der Waals surface area contributed by atoms with Crippen molar-refractivity contribution in [1.29, 1.82) is 0 Å². The van der Waals surface area contributed by atoms with Gasteiger partial charge in [-0.3, -0.25) is 4.79 Å². The number of halogens is 1. The van der Waals surface area contributed by atoms with Crippen LogP contribution in [0.3, 0.4) is 0 Å². The maximum absolute atomic E-state index is 12.5. The van der Waals surface area contributed by atoms with Crippen LogP contribution < -0.4 is 5.32 Å². The van der Waals surface area contributed by atoms with Gasteiger partial charge in [-0.15, -0.1) is 0 Å². The number of rotatable bonds is 1. The topological polar surface area (TPSA) is 32.3 Å². The first kappa shape index (κ1) is 12.0. The normalized spacial score (nSPS) is 26.8. The maximum atomic E-state index is 12.5. The number of piperazine rings is 1. The Morgan fingerprint density at radius 2 is 1.89 bits per heavy atom. The Kier molecular flexibility index (Phi) is 3.04. The average Bonchev–Trinajstić information content (AvgIpc) is 2.87. The highest BCUT2D eigenvalue weighted by molar-refractivity contribution is 6.23. The summed E-state index contributed by atoms with van der Waals surface area (Å²) in [5, 5.41) is 3.45. The summed E-state index contributed by atoms with van der Waals surface area (Å²) >= 11 is 6.28. The molecule has 1 aromatic rings. The van der Waals surface area contributed by atoms with Crippen LogP contribution in [0.5, 0.6) is 0 Å². The second-order valence-corrected chi connectivity index (χ2v) is 5.58. The Morgan fingerprint density at radius 3 is 2.56 bits per heavy atom. The Labute approximate surface area is 112 Å². The minimum absolute atomic E-state index is 0.0433. The zero-order valence-electron chi connectivity index (χ0n) is 10.2. The smallest absolute Gasteiger partial charge is 0.257 e. The van der Waals surface area contributed by atoms with Crippen LogP contribution in [0.2, 0.25) is 0 Å². The van der Waals surface area contributed by atoms with Crippen LogP contribution in [-0.2, 0) is 4.79 Å². The van der Waals surface area contributed by atoms with Gasteiger partial charge in [0, 0.05) is 18.3 Å². The van der Waals surface area contributed by atoms with Crippen LogP contribution >= 0.6 is 11.8 Å². The molecule has 1 amide bonds. The van der Waals surface area contributed by atoms with E-state index in [4.69, 9.17) is 11.8 Å². The number of hydrogen-bond acceptors (Lipinski definition) is 2. The Hall–Kier alpha value is -1.06. The van der Waals surface area contributed by atoms with Crippen molar-refractivity contribution in [2.45, 2.75) is 37.3 Å². The number of benzene rings is 1. The van der Waals surface area contributed by atoms with Gasteiger partial charge in [-0.25, -0.2) is 4.42 Å². The highest BCUT2D eigenvalue weighted by Gasteiger charge is 2.48. The fourth-order valence-corrected chi connectivity index (χ4v) is 3.43. The zero-order chi connectivity index (χ0) is 12.6. The van der Waals surface area contributed by atoms with Gasteiger partial charge in [-0.1, -0.05) is 43.2 Å². The molecule has 1 N–H and O–H groups in total. The summed E-state index contributed by atoms with van der Waals surface area (Å²) in [6.45, 7) is 0.735. The van der Waals surface area contributed by atoms with Crippen molar-refractivity contribution in [1.82, 2.24) is 9.74 Å². The van der Waals surface area contributed by atoms with Gasteiger partial charge in [0.05, 0.1) is 11.6 Å². The lowest BCUT2D eigenvalue weighted by molar-refractivity contribution is -0.138. The summed E-state index contributed by atoms with van der Waals surface area (Å²) in [5.41, 5.74) is 0.703. The van der Waals surface area contributed by atoms with Crippen molar-refractivity contribution >= 4 is 17.7 Å². The van der Waals surface area contributed by atoms with E-state index >= 15 is 0 Å². The lowest BCUT2D eigenvalue weighted by Crippen LogP contribution is -2.61. The highest BCUT2D eigenvalue weighted by Crippen LogP contribution is 2.38. The van der Waals surface area contributed by atoms with Crippen LogP contribution in [0.1, 0.15) is 37.3 Å². The standard InChI is InChI=1S/C14H17ClN2O/c15-17-12(11-6-2-1-3-7-11)10-16-14(13(17)18)8-4-5-9-14/h1-3,6-7,12,16H,4-5,8-10H2/t12-/m0/s1. The van der Waals surface area contributed by atoms with E-state index in [1.807, 2.05) is 30.3 Å². The first-order chi connectivity index (χ1) is 8.73. The molecule has 2 aliphatic rings. The summed E-state index contributed by atoms with van der Waals surface area (Å²) in [6.07, 6.45) is 4.05. The summed E-state index contributed by atoms with van der Waals surface area (Å²) in [7, 11) is 0. The maximum Gasteiger partial charge on any atom is 0.257 e. The number of hydrogen-bond donors (Lipinski definition) is 1. The van der Waals surface area contributed by atoms with E-state index in [1.165, 1.54) is 4.42 Å². The van der Waals surface area contributed by atoms with Crippen LogP contribution in [0.4, 0.5) is 0 Å². The first-order valence-electron chi connectivity index (χ1n) is 6.52. The van der Waals surface area contributed by atoms with Gasteiger partial charge in [0.15, 0.2) is 0 Å². The van der Waals surface area contributed by atoms with Gasteiger partial charge in [0.25, 0.3) is 5.91 Å². The largest absolute Gasteiger partial charge is 0.301 e. The van der Waals surface area contributed by atoms with Crippen molar-refractivity contribution in [3.63, 3.8) is 0 Å². The second-order valence-electron chi connectivity index (χ2n) is 5.21. The second kappa shape index (κ2) is 4.56. The van der Waals surface area contributed by atoms with Gasteiger partial charge in [-0.2, -0.15) is 0 Å². The molecule has 0 unspecified atom stereocenters. The predicted octanol–water partition coefficient (Wildman–Crippen LogP) is 2.63. The Morgan fingerprint density at radius 1 is 1.22 bits per heavy atom. The molecule has 1 aromatic carbocycles. The van der Waals surface area contributed by atoms with Gasteiger partial charge >= 0.3 is 0 Å². The average molecular weight is 265 g/mol. The third kappa shape index (κ3) is 1.82. The molecule has 1 saturated carbocycles. The Bertz CT molecular complexity index is 442. The number of nitrogens with one attached hydrogen (secondary N) is 1. The number of amides is 1. The van der Waals surface area contributed by atoms with E-state index in [2.05, 4.69) is 5.32 Å². The number of carbonyl (C=O) groups excluding carboxylic acids is 1. The van der Waals surface area contributed by atoms with Crippen LogP contribution in [0.15, 0.2) is 30.3 Å². The van der Waals surface area contributed by atoms with E-state index in [0.29, 0.717) is 0 Å². The predicted molar refractivity (Wildman–Crippen MR) is 71.1 cm³/mol. The van der Waals surface area contributed by atoms with Crippen LogP contribution in [0.25, 0.3) is 0 Å². The van der Waals surface area contributed by atoms with Gasteiger partial charge in [-0.05, 0) is 18.4 Å². The van der Waals surface area contributed by atoms with Gasteiger partial charge in [0.1, 0.15) is 0 Å². The van der Waals surface area contributed by atoms with E-state index in [9.17, 15) is 4.79 Å². The SMILES string of the molecule is O=C1N(Cl)[C@H](c2ccccc2)CNC12CCCC2. The molecule has 1 aliphatic heterocycles. The van der Waals surface area contributed by atoms with Crippen molar-refractivity contribution in [2.24, 2.45) is 0 Å². The number of carbonyl (C=O) groups is 1. The molecule has 18 heavy (non-hydrogen) atoms. The molecule has 4 heteroatoms.